The van der Waals surface area contributed by atoms with Crippen LogP contribution < -0.4 is 10.2 Å². The summed E-state index contributed by atoms with van der Waals surface area (Å²) in [5.74, 6) is -4.01. The number of hydrogen-bond acceptors (Lipinski definition) is 3. The third kappa shape index (κ3) is 5.25. The molecule has 0 saturated carbocycles. The lowest BCUT2D eigenvalue weighted by atomic mass is 10.2. The van der Waals surface area contributed by atoms with Gasteiger partial charge in [-0.25, -0.2) is 5.43 Å². The Kier molecular flexibility index (Phi) is 7.19. The molecule has 1 aromatic rings. The lowest BCUT2D eigenvalue weighted by Gasteiger charge is -2.27. The summed E-state index contributed by atoms with van der Waals surface area (Å²) in [7, 11) is 0. The molecule has 0 aliphatic rings. The maximum Gasteiger partial charge on any atom is 0.462 e. The third-order valence-corrected chi connectivity index (χ3v) is 3.92. The van der Waals surface area contributed by atoms with Gasteiger partial charge in [-0.1, -0.05) is 5.92 Å². The zero-order valence-corrected chi connectivity index (χ0v) is 16.1. The molecule has 0 heterocycles. The van der Waals surface area contributed by atoms with Crippen LogP contribution in [0.4, 0.5) is 30.7 Å². The summed E-state index contributed by atoms with van der Waals surface area (Å²) in [5, 5.41) is 2.80. The molecule has 0 unspecified atom stereocenters. The van der Waals surface area contributed by atoms with E-state index in [2.05, 4.69) is 11.0 Å². The first-order valence-electron chi connectivity index (χ1n) is 6.01. The standard InChI is InChI=1S/C13H7F7I2N2O/c1-2-3-25-10-7(4-8(21)5-9(10)22)6-23-24-13(19,20)11(14,15)12(16,17)18/h1,4-6,24H,3H2/b23-6-. The number of benzene rings is 1. The van der Waals surface area contributed by atoms with Gasteiger partial charge in [-0.15, -0.1) is 6.42 Å². The molecule has 0 fully saturated rings. The minimum absolute atomic E-state index is 0.0603. The smallest absolute Gasteiger partial charge is 0.462 e. The topological polar surface area (TPSA) is 33.6 Å². The number of halogens is 9. The van der Waals surface area contributed by atoms with Crippen LogP contribution in [0.5, 0.6) is 5.75 Å². The van der Waals surface area contributed by atoms with Gasteiger partial charge in [0.1, 0.15) is 12.4 Å². The maximum absolute atomic E-state index is 13.1. The minimum Gasteiger partial charge on any atom is -0.479 e. The molecule has 0 atom stereocenters. The van der Waals surface area contributed by atoms with Gasteiger partial charge in [-0.2, -0.15) is 35.8 Å². The molecule has 0 radical (unpaired) electrons. The molecule has 3 nitrogen and oxygen atoms in total. The second-order valence-corrected chi connectivity index (χ2v) is 6.72. The highest BCUT2D eigenvalue weighted by atomic mass is 127. The zero-order valence-electron chi connectivity index (χ0n) is 11.8. The number of alkyl halides is 7. The Hall–Kier alpha value is -0.980. The van der Waals surface area contributed by atoms with Crippen LogP contribution in [0.2, 0.25) is 0 Å². The van der Waals surface area contributed by atoms with E-state index >= 15 is 0 Å². The molecular weight excluding hydrogens is 587 g/mol. The Labute approximate surface area is 164 Å². The van der Waals surface area contributed by atoms with Crippen LogP contribution in [0.25, 0.3) is 0 Å². The Morgan fingerprint density at radius 3 is 2.28 bits per heavy atom. The number of rotatable bonds is 6. The number of ether oxygens (including phenoxy) is 1. The second-order valence-electron chi connectivity index (χ2n) is 4.32. The highest BCUT2D eigenvalue weighted by Crippen LogP contribution is 2.45. The van der Waals surface area contributed by atoms with Gasteiger partial charge in [0, 0.05) is 9.13 Å². The van der Waals surface area contributed by atoms with E-state index in [0.717, 1.165) is 0 Å². The SMILES string of the molecule is C#CCOc1c(I)cc(I)cc1/C=N\NC(F)(F)C(F)(F)C(F)(F)F. The van der Waals surface area contributed by atoms with Crippen LogP contribution in [0.3, 0.4) is 0 Å². The van der Waals surface area contributed by atoms with Crippen molar-refractivity contribution in [2.45, 2.75) is 18.1 Å². The van der Waals surface area contributed by atoms with Gasteiger partial charge in [0.25, 0.3) is 0 Å². The lowest BCUT2D eigenvalue weighted by molar-refractivity contribution is -0.361. The number of nitrogens with zero attached hydrogens (tertiary/aromatic N) is 1. The molecule has 138 valence electrons. The summed E-state index contributed by atoms with van der Waals surface area (Å²) in [4.78, 5) is 0. The highest BCUT2D eigenvalue weighted by molar-refractivity contribution is 14.1. The fraction of sp³-hybridized carbons (Fsp3) is 0.308. The first-order chi connectivity index (χ1) is 11.3. The van der Waals surface area contributed by atoms with Gasteiger partial charge in [-0.3, -0.25) is 0 Å². The first-order valence-corrected chi connectivity index (χ1v) is 8.17. The molecule has 12 heteroatoms. The van der Waals surface area contributed by atoms with Gasteiger partial charge in [-0.05, 0) is 57.3 Å². The number of hydrazone groups is 1. The van der Waals surface area contributed by atoms with Crippen molar-refractivity contribution in [1.29, 1.82) is 0 Å². The van der Waals surface area contributed by atoms with E-state index in [1.807, 2.05) is 45.2 Å². The van der Waals surface area contributed by atoms with Gasteiger partial charge in [0.15, 0.2) is 0 Å². The number of hydrogen-bond donors (Lipinski definition) is 1. The molecule has 0 amide bonds. The molecular formula is C13H7F7I2N2O. The van der Waals surface area contributed by atoms with Crippen LogP contribution in [-0.4, -0.2) is 31.0 Å². The van der Waals surface area contributed by atoms with Gasteiger partial charge in [0.2, 0.25) is 0 Å². The van der Waals surface area contributed by atoms with Crippen LogP contribution in [0, 0.1) is 19.5 Å². The van der Waals surface area contributed by atoms with Crippen molar-refractivity contribution in [3.8, 4) is 18.1 Å². The molecule has 25 heavy (non-hydrogen) atoms. The quantitative estimate of drug-likeness (QED) is 0.130. The molecule has 0 aliphatic carbocycles. The van der Waals surface area contributed by atoms with Crippen molar-refractivity contribution in [3.63, 3.8) is 0 Å². The molecule has 0 spiro atoms. The average molecular weight is 594 g/mol. The van der Waals surface area contributed by atoms with E-state index in [1.54, 1.807) is 6.07 Å². The van der Waals surface area contributed by atoms with Crippen LogP contribution in [0.1, 0.15) is 5.56 Å². The predicted octanol–water partition coefficient (Wildman–Crippen LogP) is 4.62. The zero-order chi connectivity index (χ0) is 19.5. The average Bonchev–Trinajstić information content (AvgIpc) is 2.44. The van der Waals surface area contributed by atoms with Gasteiger partial charge >= 0.3 is 18.1 Å². The molecule has 1 aromatic carbocycles. The van der Waals surface area contributed by atoms with Gasteiger partial charge < -0.3 is 4.74 Å². The Morgan fingerprint density at radius 2 is 1.76 bits per heavy atom. The molecule has 1 rings (SSSR count). The Balaban J connectivity index is 3.09. The number of nitrogens with one attached hydrogen (secondary N) is 1. The normalized spacial score (nSPS) is 13.0. The fourth-order valence-corrected chi connectivity index (χ4v) is 3.42. The highest BCUT2D eigenvalue weighted by Gasteiger charge is 2.73. The van der Waals surface area contributed by atoms with Gasteiger partial charge in [0.05, 0.1) is 9.78 Å². The summed E-state index contributed by atoms with van der Waals surface area (Å²) in [5.41, 5.74) is 0.602. The number of terminal acetylenes is 1. The van der Waals surface area contributed by atoms with Crippen LogP contribution >= 0.6 is 45.2 Å². The molecule has 0 saturated heterocycles. The van der Waals surface area contributed by atoms with Crippen LogP contribution in [-0.2, 0) is 0 Å². The summed E-state index contributed by atoms with van der Waals surface area (Å²) in [6, 6.07) is -2.61. The summed E-state index contributed by atoms with van der Waals surface area (Å²) >= 11 is 3.72. The first kappa shape index (κ1) is 22.1. The van der Waals surface area contributed by atoms with E-state index in [0.29, 0.717) is 18.8 Å². The predicted molar refractivity (Wildman–Crippen MR) is 92.9 cm³/mol. The Morgan fingerprint density at radius 1 is 1.16 bits per heavy atom. The van der Waals surface area contributed by atoms with E-state index in [1.165, 1.54) is 6.07 Å². The van der Waals surface area contributed by atoms with E-state index in [-0.39, 0.29) is 17.9 Å². The van der Waals surface area contributed by atoms with Crippen molar-refractivity contribution in [1.82, 2.24) is 5.43 Å². The Bertz CT molecular complexity index is 699. The maximum atomic E-state index is 13.1. The van der Waals surface area contributed by atoms with E-state index in [4.69, 9.17) is 11.2 Å². The minimum atomic E-state index is -6.45. The summed E-state index contributed by atoms with van der Waals surface area (Å²) < 4.78 is 94.1. The summed E-state index contributed by atoms with van der Waals surface area (Å²) in [6.07, 6.45) is -0.773. The molecule has 0 bridgehead atoms. The summed E-state index contributed by atoms with van der Waals surface area (Å²) in [6.45, 7) is -0.173. The second kappa shape index (κ2) is 8.14. The van der Waals surface area contributed by atoms with Crippen molar-refractivity contribution >= 4 is 51.4 Å². The van der Waals surface area contributed by atoms with Crippen molar-refractivity contribution in [3.05, 3.63) is 24.8 Å². The largest absolute Gasteiger partial charge is 0.479 e. The van der Waals surface area contributed by atoms with Crippen LogP contribution in [0.15, 0.2) is 17.2 Å². The van der Waals surface area contributed by atoms with E-state index < -0.39 is 18.1 Å². The molecule has 0 aliphatic heterocycles. The molecule has 1 N–H and O–H groups in total. The fourth-order valence-electron chi connectivity index (χ4n) is 1.37. The van der Waals surface area contributed by atoms with Crippen molar-refractivity contribution < 1.29 is 35.5 Å². The van der Waals surface area contributed by atoms with Crippen molar-refractivity contribution in [2.75, 3.05) is 6.61 Å². The third-order valence-electron chi connectivity index (χ3n) is 2.50. The monoisotopic (exact) mass is 594 g/mol. The van der Waals surface area contributed by atoms with E-state index in [9.17, 15) is 30.7 Å². The van der Waals surface area contributed by atoms with Crippen molar-refractivity contribution in [2.24, 2.45) is 5.10 Å². The molecule has 0 aromatic heterocycles. The lowest BCUT2D eigenvalue weighted by Crippen LogP contribution is -2.58.